The van der Waals surface area contributed by atoms with Gasteiger partial charge in [-0.3, -0.25) is 19.0 Å². The molecule has 1 aliphatic rings. The molecule has 2 aromatic carbocycles. The lowest BCUT2D eigenvalue weighted by Crippen LogP contribution is -2.32. The molecule has 1 fully saturated rings. The number of nitrogens with one attached hydrogen (secondary N) is 2. The molecule has 0 aliphatic carbocycles. The van der Waals surface area contributed by atoms with Crippen LogP contribution < -0.4 is 16.2 Å². The van der Waals surface area contributed by atoms with Crippen molar-refractivity contribution in [3.63, 3.8) is 0 Å². The number of aromatic nitrogens is 2. The van der Waals surface area contributed by atoms with E-state index in [-0.39, 0.29) is 29.2 Å². The molecule has 190 valence electrons. The third kappa shape index (κ3) is 7.18. The molecule has 36 heavy (non-hydrogen) atoms. The minimum atomic E-state index is -0.164. The Labute approximate surface area is 214 Å². The number of aryl methyl sites for hydroxylation is 1. The van der Waals surface area contributed by atoms with Crippen LogP contribution in [0.1, 0.15) is 36.8 Å². The minimum absolute atomic E-state index is 0.0583. The Kier molecular flexibility index (Phi) is 9.13. The number of amides is 2. The van der Waals surface area contributed by atoms with E-state index in [1.807, 2.05) is 37.3 Å². The summed E-state index contributed by atoms with van der Waals surface area (Å²) in [6, 6.07) is 15.2. The number of carbonyl (C=O) groups is 2. The lowest BCUT2D eigenvalue weighted by atomic mass is 10.1. The van der Waals surface area contributed by atoms with Crippen molar-refractivity contribution in [1.82, 2.24) is 20.2 Å². The van der Waals surface area contributed by atoms with Gasteiger partial charge in [0.2, 0.25) is 11.8 Å². The van der Waals surface area contributed by atoms with Gasteiger partial charge in [0, 0.05) is 32.7 Å². The second-order valence-corrected chi connectivity index (χ2v) is 9.90. The highest BCUT2D eigenvalue weighted by molar-refractivity contribution is 7.99. The van der Waals surface area contributed by atoms with Crippen LogP contribution in [0.25, 0.3) is 10.9 Å². The number of benzene rings is 2. The highest BCUT2D eigenvalue weighted by atomic mass is 32.2. The van der Waals surface area contributed by atoms with Crippen molar-refractivity contribution in [1.29, 1.82) is 0 Å². The van der Waals surface area contributed by atoms with Crippen LogP contribution in [0.5, 0.6) is 0 Å². The smallest absolute Gasteiger partial charge is 0.262 e. The highest BCUT2D eigenvalue weighted by Crippen LogP contribution is 2.18. The zero-order valence-electron chi connectivity index (χ0n) is 20.5. The lowest BCUT2D eigenvalue weighted by Gasteiger charge is -2.14. The Bertz CT molecular complexity index is 1250. The monoisotopic (exact) mass is 508 g/mol. The molecule has 3 aromatic rings. The third-order valence-corrected chi connectivity index (χ3v) is 7.08. The molecule has 0 spiro atoms. The van der Waals surface area contributed by atoms with E-state index in [0.717, 1.165) is 25.0 Å². The fourth-order valence-electron chi connectivity index (χ4n) is 4.06. The maximum Gasteiger partial charge on any atom is 0.262 e. The van der Waals surface area contributed by atoms with Crippen molar-refractivity contribution in [3.8, 4) is 0 Å². The highest BCUT2D eigenvalue weighted by Gasteiger charge is 2.17. The van der Waals surface area contributed by atoms with Crippen LogP contribution in [-0.2, 0) is 27.4 Å². The molecular formula is C27H32N4O4S. The molecule has 0 saturated carbocycles. The molecular weight excluding hydrogens is 476 g/mol. The summed E-state index contributed by atoms with van der Waals surface area (Å²) in [7, 11) is 0. The Morgan fingerprint density at radius 2 is 1.92 bits per heavy atom. The van der Waals surface area contributed by atoms with Crippen LogP contribution in [-0.4, -0.2) is 46.4 Å². The zero-order valence-corrected chi connectivity index (χ0v) is 21.3. The van der Waals surface area contributed by atoms with E-state index in [2.05, 4.69) is 15.6 Å². The van der Waals surface area contributed by atoms with Gasteiger partial charge >= 0.3 is 0 Å². The van der Waals surface area contributed by atoms with Crippen LogP contribution in [0, 0.1) is 6.92 Å². The first-order chi connectivity index (χ1) is 17.5. The van der Waals surface area contributed by atoms with Crippen LogP contribution in [0.3, 0.4) is 0 Å². The van der Waals surface area contributed by atoms with Gasteiger partial charge in [0.25, 0.3) is 5.56 Å². The summed E-state index contributed by atoms with van der Waals surface area (Å²) in [6.45, 7) is 4.08. The van der Waals surface area contributed by atoms with Crippen molar-refractivity contribution >= 4 is 34.5 Å². The normalized spacial score (nSPS) is 15.2. The van der Waals surface area contributed by atoms with Gasteiger partial charge in [-0.05, 0) is 43.9 Å². The maximum absolute atomic E-state index is 13.2. The van der Waals surface area contributed by atoms with Crippen LogP contribution in [0.4, 0.5) is 0 Å². The SMILES string of the molecule is Cc1ccc(CNC(=O)CSc2nc3ccccc3c(=O)n2CCCC(=O)NC[C@H]2CCCO2)cc1. The average molecular weight is 509 g/mol. The molecule has 4 rings (SSSR count). The molecule has 0 radical (unpaired) electrons. The van der Waals surface area contributed by atoms with E-state index in [4.69, 9.17) is 4.74 Å². The number of fused-ring (bicyclic) bond motifs is 1. The largest absolute Gasteiger partial charge is 0.376 e. The summed E-state index contributed by atoms with van der Waals surface area (Å²) in [5, 5.41) is 6.83. The lowest BCUT2D eigenvalue weighted by molar-refractivity contribution is -0.121. The van der Waals surface area contributed by atoms with Gasteiger partial charge in [-0.25, -0.2) is 4.98 Å². The van der Waals surface area contributed by atoms with E-state index in [1.165, 1.54) is 17.3 Å². The third-order valence-electron chi connectivity index (χ3n) is 6.11. The van der Waals surface area contributed by atoms with Crippen molar-refractivity contribution in [2.75, 3.05) is 18.9 Å². The number of nitrogens with zero attached hydrogens (tertiary/aromatic N) is 2. The van der Waals surface area contributed by atoms with Crippen LogP contribution in [0.15, 0.2) is 58.5 Å². The van der Waals surface area contributed by atoms with E-state index >= 15 is 0 Å². The molecule has 0 unspecified atom stereocenters. The first kappa shape index (κ1) is 25.9. The zero-order chi connectivity index (χ0) is 25.3. The second kappa shape index (κ2) is 12.7. The minimum Gasteiger partial charge on any atom is -0.376 e. The first-order valence-electron chi connectivity index (χ1n) is 12.3. The molecule has 9 heteroatoms. The van der Waals surface area contributed by atoms with Gasteiger partial charge in [0.1, 0.15) is 0 Å². The number of hydrogen-bond acceptors (Lipinski definition) is 6. The maximum atomic E-state index is 13.2. The summed E-state index contributed by atoms with van der Waals surface area (Å²) in [5.74, 6) is -0.0570. The van der Waals surface area contributed by atoms with E-state index in [9.17, 15) is 14.4 Å². The molecule has 1 aromatic heterocycles. The van der Waals surface area contributed by atoms with Crippen molar-refractivity contribution in [2.24, 2.45) is 0 Å². The summed E-state index contributed by atoms with van der Waals surface area (Å²) in [6.07, 6.45) is 2.89. The molecule has 8 nitrogen and oxygen atoms in total. The van der Waals surface area contributed by atoms with Crippen LogP contribution >= 0.6 is 11.8 Å². The molecule has 1 aliphatic heterocycles. The summed E-state index contributed by atoms with van der Waals surface area (Å²) < 4.78 is 7.12. The number of para-hydroxylation sites is 1. The molecule has 1 saturated heterocycles. The van der Waals surface area contributed by atoms with E-state index in [0.29, 0.717) is 48.5 Å². The van der Waals surface area contributed by atoms with Gasteiger partial charge in [-0.2, -0.15) is 0 Å². The van der Waals surface area contributed by atoms with E-state index in [1.54, 1.807) is 22.8 Å². The van der Waals surface area contributed by atoms with Crippen molar-refractivity contribution in [3.05, 3.63) is 70.0 Å². The summed E-state index contributed by atoms with van der Waals surface area (Å²) in [4.78, 5) is 42.6. The predicted octanol–water partition coefficient (Wildman–Crippen LogP) is 3.19. The Hall–Kier alpha value is -3.17. The standard InChI is InChI=1S/C27H32N4O4S/c1-19-10-12-20(13-11-19)16-28-25(33)18-36-27-30-23-8-3-2-7-22(23)26(34)31(27)14-4-9-24(32)29-17-21-6-5-15-35-21/h2-3,7-8,10-13,21H,4-6,9,14-18H2,1H3,(H,28,33)(H,29,32)/t21-/m1/s1. The molecule has 2 N–H and O–H groups in total. The average Bonchev–Trinajstić information content (AvgIpc) is 3.41. The number of thioether (sulfide) groups is 1. The molecule has 1 atom stereocenters. The Morgan fingerprint density at radius 1 is 1.11 bits per heavy atom. The van der Waals surface area contributed by atoms with E-state index < -0.39 is 0 Å². The predicted molar refractivity (Wildman–Crippen MR) is 141 cm³/mol. The number of ether oxygens (including phenoxy) is 1. The molecule has 2 heterocycles. The number of hydrogen-bond donors (Lipinski definition) is 2. The number of carbonyl (C=O) groups excluding carboxylic acids is 2. The summed E-state index contributed by atoms with van der Waals surface area (Å²) in [5.41, 5.74) is 2.62. The summed E-state index contributed by atoms with van der Waals surface area (Å²) >= 11 is 1.23. The molecule has 0 bridgehead atoms. The van der Waals surface area contributed by atoms with Gasteiger partial charge in [0.05, 0.1) is 22.8 Å². The van der Waals surface area contributed by atoms with Crippen LogP contribution in [0.2, 0.25) is 0 Å². The fraction of sp³-hybridized carbons (Fsp3) is 0.407. The van der Waals surface area contributed by atoms with Gasteiger partial charge in [0.15, 0.2) is 5.16 Å². The fourth-order valence-corrected chi connectivity index (χ4v) is 4.92. The van der Waals surface area contributed by atoms with Crippen molar-refractivity contribution < 1.29 is 14.3 Å². The molecule has 2 amide bonds. The van der Waals surface area contributed by atoms with Crippen molar-refractivity contribution in [2.45, 2.75) is 57.0 Å². The van der Waals surface area contributed by atoms with Gasteiger partial charge < -0.3 is 15.4 Å². The first-order valence-corrected chi connectivity index (χ1v) is 13.3. The van der Waals surface area contributed by atoms with Gasteiger partial charge in [-0.1, -0.05) is 53.7 Å². The topological polar surface area (TPSA) is 102 Å². The Balaban J connectivity index is 1.36. The van der Waals surface area contributed by atoms with Gasteiger partial charge in [-0.15, -0.1) is 0 Å². The second-order valence-electron chi connectivity index (χ2n) is 8.96. The Morgan fingerprint density at radius 3 is 2.69 bits per heavy atom. The quantitative estimate of drug-likeness (QED) is 0.305. The number of rotatable bonds is 11.